The van der Waals surface area contributed by atoms with E-state index in [2.05, 4.69) is 31.1 Å². The lowest BCUT2D eigenvalue weighted by Crippen LogP contribution is -2.20. The third-order valence-electron chi connectivity index (χ3n) is 3.07. The molecule has 0 amide bonds. The van der Waals surface area contributed by atoms with Gasteiger partial charge in [-0.05, 0) is 12.8 Å². The summed E-state index contributed by atoms with van der Waals surface area (Å²) in [4.78, 5) is 5.58. The fraction of sp³-hybridized carbons (Fsp3) is 0.786. The number of rotatable bonds is 6. The molecule has 0 aliphatic heterocycles. The van der Waals surface area contributed by atoms with Crippen LogP contribution in [0.3, 0.4) is 0 Å². The van der Waals surface area contributed by atoms with Crippen molar-refractivity contribution < 1.29 is 17.9 Å². The quantitative estimate of drug-likeness (QED) is 0.865. The van der Waals surface area contributed by atoms with Gasteiger partial charge < -0.3 is 10.1 Å². The minimum atomic E-state index is -4.29. The molecule has 0 radical (unpaired) electrons. The normalized spacial score (nSPS) is 16.5. The molecule has 1 saturated carbocycles. The van der Waals surface area contributed by atoms with Gasteiger partial charge in [-0.15, -0.1) is 11.3 Å². The van der Waals surface area contributed by atoms with Crippen LogP contribution in [0, 0.1) is 0 Å². The highest BCUT2D eigenvalue weighted by Gasteiger charge is 2.29. The molecule has 7 heteroatoms. The van der Waals surface area contributed by atoms with Crippen molar-refractivity contribution in [3.63, 3.8) is 0 Å². The number of alkyl halides is 3. The lowest BCUT2D eigenvalue weighted by molar-refractivity contribution is -0.176. The second-order valence-corrected chi connectivity index (χ2v) is 7.56. The molecule has 1 aromatic heterocycles. The van der Waals surface area contributed by atoms with E-state index < -0.39 is 12.8 Å². The number of aromatic nitrogens is 1. The van der Waals surface area contributed by atoms with Crippen LogP contribution in [0.2, 0.25) is 0 Å². The standard InChI is InChI=1S/C14H21F3N2OS/c1-13(2,3)12-10(6-18-9-4-5-9)21-11(19-12)7-20-8-14(15,16)17/h9,18H,4-8H2,1-3H3. The molecular formula is C14H21F3N2OS. The first-order chi connectivity index (χ1) is 9.65. The maximum atomic E-state index is 12.1. The van der Waals surface area contributed by atoms with Crippen LogP contribution in [-0.2, 0) is 23.3 Å². The van der Waals surface area contributed by atoms with Crippen molar-refractivity contribution in [2.75, 3.05) is 6.61 Å². The predicted octanol–water partition coefficient (Wildman–Crippen LogP) is 3.77. The van der Waals surface area contributed by atoms with E-state index in [1.807, 2.05) is 0 Å². The van der Waals surface area contributed by atoms with Crippen molar-refractivity contribution in [2.24, 2.45) is 0 Å². The van der Waals surface area contributed by atoms with Gasteiger partial charge in [-0.2, -0.15) is 13.2 Å². The number of nitrogens with zero attached hydrogens (tertiary/aromatic N) is 1. The van der Waals surface area contributed by atoms with E-state index >= 15 is 0 Å². The highest BCUT2D eigenvalue weighted by atomic mass is 32.1. The van der Waals surface area contributed by atoms with Gasteiger partial charge in [-0.3, -0.25) is 0 Å². The first-order valence-corrected chi connectivity index (χ1v) is 7.84. The summed E-state index contributed by atoms with van der Waals surface area (Å²) < 4.78 is 41.0. The molecule has 1 heterocycles. The Labute approximate surface area is 126 Å². The Hall–Kier alpha value is -0.660. The molecule has 0 aromatic carbocycles. The molecule has 3 nitrogen and oxygen atoms in total. The maximum Gasteiger partial charge on any atom is 0.411 e. The number of halogens is 3. The fourth-order valence-corrected chi connectivity index (χ4v) is 3.11. The molecule has 0 atom stereocenters. The zero-order chi connectivity index (χ0) is 15.7. The van der Waals surface area contributed by atoms with Gasteiger partial charge in [0.05, 0.1) is 12.3 Å². The van der Waals surface area contributed by atoms with E-state index in [0.717, 1.165) is 17.1 Å². The Morgan fingerprint density at radius 3 is 2.48 bits per heavy atom. The zero-order valence-electron chi connectivity index (χ0n) is 12.5. The number of hydrogen-bond donors (Lipinski definition) is 1. The van der Waals surface area contributed by atoms with Crippen LogP contribution >= 0.6 is 11.3 Å². The SMILES string of the molecule is CC(C)(C)c1nc(COCC(F)(F)F)sc1CNC1CC1. The van der Waals surface area contributed by atoms with E-state index in [-0.39, 0.29) is 12.0 Å². The van der Waals surface area contributed by atoms with E-state index in [0.29, 0.717) is 11.0 Å². The van der Waals surface area contributed by atoms with Gasteiger partial charge in [0.2, 0.25) is 0 Å². The Bertz CT molecular complexity index is 476. The number of hydrogen-bond acceptors (Lipinski definition) is 4. The molecule has 0 bridgehead atoms. The van der Waals surface area contributed by atoms with Gasteiger partial charge in [0, 0.05) is 22.9 Å². The predicted molar refractivity (Wildman–Crippen MR) is 76.4 cm³/mol. The second-order valence-electron chi connectivity index (χ2n) is 6.39. The summed E-state index contributed by atoms with van der Waals surface area (Å²) in [6.07, 6.45) is -1.89. The van der Waals surface area contributed by atoms with Crippen molar-refractivity contribution in [3.05, 3.63) is 15.6 Å². The number of ether oxygens (including phenoxy) is 1. The molecule has 1 fully saturated rings. The highest BCUT2D eigenvalue weighted by molar-refractivity contribution is 7.11. The molecule has 0 spiro atoms. The van der Waals surface area contributed by atoms with E-state index in [4.69, 9.17) is 4.74 Å². The molecule has 21 heavy (non-hydrogen) atoms. The summed E-state index contributed by atoms with van der Waals surface area (Å²) in [5, 5.41) is 4.04. The van der Waals surface area contributed by atoms with Crippen molar-refractivity contribution in [2.45, 2.75) is 64.4 Å². The maximum absolute atomic E-state index is 12.1. The minimum Gasteiger partial charge on any atom is -0.365 e. The molecule has 120 valence electrons. The molecule has 0 unspecified atom stereocenters. The van der Waals surface area contributed by atoms with Gasteiger partial charge >= 0.3 is 6.18 Å². The number of thiazole rings is 1. The molecule has 1 aliphatic rings. The molecule has 1 aromatic rings. The summed E-state index contributed by atoms with van der Waals surface area (Å²) >= 11 is 1.44. The second kappa shape index (κ2) is 6.22. The molecule has 1 aliphatic carbocycles. The summed E-state index contributed by atoms with van der Waals surface area (Å²) in [5.74, 6) is 0. The van der Waals surface area contributed by atoms with Gasteiger partial charge in [-0.1, -0.05) is 20.8 Å². The van der Waals surface area contributed by atoms with Crippen molar-refractivity contribution in [1.29, 1.82) is 0 Å². The summed E-state index contributed by atoms with van der Waals surface area (Å²) in [7, 11) is 0. The fourth-order valence-electron chi connectivity index (χ4n) is 1.95. The van der Waals surface area contributed by atoms with Crippen LogP contribution in [0.1, 0.15) is 49.2 Å². The van der Waals surface area contributed by atoms with Crippen LogP contribution in [0.15, 0.2) is 0 Å². The van der Waals surface area contributed by atoms with E-state index in [1.54, 1.807) is 0 Å². The largest absolute Gasteiger partial charge is 0.411 e. The van der Waals surface area contributed by atoms with Gasteiger partial charge in [0.15, 0.2) is 0 Å². The van der Waals surface area contributed by atoms with Crippen LogP contribution in [0.25, 0.3) is 0 Å². The Morgan fingerprint density at radius 2 is 1.95 bits per heavy atom. The first-order valence-electron chi connectivity index (χ1n) is 7.02. The summed E-state index contributed by atoms with van der Waals surface area (Å²) in [6, 6.07) is 0.588. The summed E-state index contributed by atoms with van der Waals surface area (Å²) in [6.45, 7) is 5.59. The highest BCUT2D eigenvalue weighted by Crippen LogP contribution is 2.31. The van der Waals surface area contributed by atoms with Crippen LogP contribution in [-0.4, -0.2) is 23.8 Å². The van der Waals surface area contributed by atoms with Crippen molar-refractivity contribution in [3.8, 4) is 0 Å². The van der Waals surface area contributed by atoms with Crippen molar-refractivity contribution >= 4 is 11.3 Å². The summed E-state index contributed by atoms with van der Waals surface area (Å²) in [5.41, 5.74) is 0.825. The van der Waals surface area contributed by atoms with Crippen LogP contribution in [0.5, 0.6) is 0 Å². The lowest BCUT2D eigenvalue weighted by Gasteiger charge is -2.17. The molecule has 0 saturated heterocycles. The topological polar surface area (TPSA) is 34.1 Å². The Morgan fingerprint density at radius 1 is 1.29 bits per heavy atom. The smallest absolute Gasteiger partial charge is 0.365 e. The first kappa shape index (κ1) is 16.7. The van der Waals surface area contributed by atoms with Gasteiger partial charge in [0.25, 0.3) is 0 Å². The molecular weight excluding hydrogens is 301 g/mol. The van der Waals surface area contributed by atoms with Crippen molar-refractivity contribution in [1.82, 2.24) is 10.3 Å². The average Bonchev–Trinajstić information content (AvgIpc) is 3.04. The minimum absolute atomic E-state index is 0.0866. The van der Waals surface area contributed by atoms with E-state index in [9.17, 15) is 13.2 Å². The zero-order valence-corrected chi connectivity index (χ0v) is 13.3. The Balaban J connectivity index is 2.00. The third-order valence-corrected chi connectivity index (χ3v) is 4.10. The molecule has 1 N–H and O–H groups in total. The Kier molecular flexibility index (Phi) is 4.95. The van der Waals surface area contributed by atoms with Gasteiger partial charge in [0.1, 0.15) is 11.6 Å². The van der Waals surface area contributed by atoms with Gasteiger partial charge in [-0.25, -0.2) is 4.98 Å². The van der Waals surface area contributed by atoms with Crippen LogP contribution < -0.4 is 5.32 Å². The lowest BCUT2D eigenvalue weighted by atomic mass is 9.91. The van der Waals surface area contributed by atoms with E-state index in [1.165, 1.54) is 24.2 Å². The average molecular weight is 322 g/mol. The molecule has 2 rings (SSSR count). The van der Waals surface area contributed by atoms with Crippen LogP contribution in [0.4, 0.5) is 13.2 Å². The third kappa shape index (κ3) is 5.56. The number of nitrogens with one attached hydrogen (secondary N) is 1. The monoisotopic (exact) mass is 322 g/mol.